The predicted molar refractivity (Wildman–Crippen MR) is 133 cm³/mol. The first-order valence-electron chi connectivity index (χ1n) is 11.9. The topological polar surface area (TPSA) is 97.8 Å². The van der Waals surface area contributed by atoms with Crippen molar-refractivity contribution in [3.05, 3.63) is 59.2 Å². The fraction of sp³-hybridized carbons (Fsp3) is 0.407. The van der Waals surface area contributed by atoms with Crippen molar-refractivity contribution in [1.82, 2.24) is 9.80 Å². The summed E-state index contributed by atoms with van der Waals surface area (Å²) in [4.78, 5) is 30.4. The number of ketones is 1. The summed E-state index contributed by atoms with van der Waals surface area (Å²) in [6.45, 7) is 4.18. The van der Waals surface area contributed by atoms with Gasteiger partial charge in [-0.25, -0.2) is 0 Å². The number of amides is 1. The third-order valence-electron chi connectivity index (χ3n) is 6.62. The number of nitrogens with zero attached hydrogens (tertiary/aromatic N) is 2. The van der Waals surface area contributed by atoms with E-state index in [-0.39, 0.29) is 11.3 Å². The molecule has 2 saturated heterocycles. The van der Waals surface area contributed by atoms with E-state index in [0.29, 0.717) is 54.6 Å². The third-order valence-corrected chi connectivity index (χ3v) is 6.62. The molecule has 2 aliphatic heterocycles. The summed E-state index contributed by atoms with van der Waals surface area (Å²) in [6.07, 6.45) is 0.671. The third kappa shape index (κ3) is 5.17. The molecule has 0 radical (unpaired) electrons. The number of carbonyl (C=O) groups excluding carboxylic acids is 2. The molecular weight excluding hydrogens is 464 g/mol. The quantitative estimate of drug-likeness (QED) is 0.322. The van der Waals surface area contributed by atoms with Gasteiger partial charge in [0.15, 0.2) is 0 Å². The summed E-state index contributed by atoms with van der Waals surface area (Å²) < 4.78 is 21.5. The second-order valence-corrected chi connectivity index (χ2v) is 8.64. The average molecular weight is 497 g/mol. The van der Waals surface area contributed by atoms with Gasteiger partial charge in [-0.2, -0.15) is 0 Å². The van der Waals surface area contributed by atoms with Gasteiger partial charge in [-0.15, -0.1) is 0 Å². The summed E-state index contributed by atoms with van der Waals surface area (Å²) in [5, 5.41) is 11.3. The molecule has 1 amide bonds. The van der Waals surface area contributed by atoms with Crippen molar-refractivity contribution in [2.45, 2.75) is 12.5 Å². The lowest BCUT2D eigenvalue weighted by molar-refractivity contribution is -0.140. The molecular formula is C27H32N2O7. The maximum Gasteiger partial charge on any atom is 0.295 e. The first-order valence-corrected chi connectivity index (χ1v) is 11.9. The van der Waals surface area contributed by atoms with Gasteiger partial charge >= 0.3 is 0 Å². The summed E-state index contributed by atoms with van der Waals surface area (Å²) in [5.41, 5.74) is 1.04. The van der Waals surface area contributed by atoms with Crippen LogP contribution in [0.1, 0.15) is 23.6 Å². The number of carbonyl (C=O) groups is 2. The summed E-state index contributed by atoms with van der Waals surface area (Å²) >= 11 is 0. The van der Waals surface area contributed by atoms with Gasteiger partial charge in [0.2, 0.25) is 0 Å². The van der Waals surface area contributed by atoms with Crippen molar-refractivity contribution in [3.8, 4) is 17.2 Å². The second-order valence-electron chi connectivity index (χ2n) is 8.64. The normalized spacial score (nSPS) is 20.0. The Bertz CT molecular complexity index is 1120. The lowest BCUT2D eigenvalue weighted by Gasteiger charge is -2.29. The Labute approximate surface area is 210 Å². The standard InChI is InChI=1S/C27H32N2O7/c1-33-19-7-5-18(6-8-19)25(30)23-24(21-10-9-20(34-2)17-22(21)35-3)29(27(32)26(23)31)12-4-11-28-13-15-36-16-14-28/h5-10,17,24,30H,4,11-16H2,1-3H3/t24-/m0/s1. The highest BCUT2D eigenvalue weighted by Crippen LogP contribution is 2.43. The maximum atomic E-state index is 13.3. The van der Waals surface area contributed by atoms with E-state index in [1.165, 1.54) is 12.0 Å². The number of aliphatic hydroxyl groups excluding tert-OH is 1. The van der Waals surface area contributed by atoms with Gasteiger partial charge < -0.3 is 29.0 Å². The number of aliphatic hydroxyl groups is 1. The zero-order valence-corrected chi connectivity index (χ0v) is 20.9. The predicted octanol–water partition coefficient (Wildman–Crippen LogP) is 2.86. The molecule has 0 aliphatic carbocycles. The average Bonchev–Trinajstić information content (AvgIpc) is 3.17. The Hall–Kier alpha value is -3.56. The van der Waals surface area contributed by atoms with E-state index in [1.54, 1.807) is 56.7 Å². The van der Waals surface area contributed by atoms with E-state index < -0.39 is 17.7 Å². The monoisotopic (exact) mass is 496 g/mol. The van der Waals surface area contributed by atoms with Crippen molar-refractivity contribution in [2.24, 2.45) is 0 Å². The van der Waals surface area contributed by atoms with Gasteiger partial charge in [-0.3, -0.25) is 14.5 Å². The molecule has 2 aliphatic rings. The summed E-state index contributed by atoms with van der Waals surface area (Å²) in [6, 6.07) is 11.1. The second kappa shape index (κ2) is 11.5. The Balaban J connectivity index is 1.73. The highest BCUT2D eigenvalue weighted by Gasteiger charge is 2.47. The Morgan fingerprint density at radius 3 is 2.25 bits per heavy atom. The van der Waals surface area contributed by atoms with Crippen molar-refractivity contribution in [2.75, 3.05) is 60.7 Å². The first-order chi connectivity index (χ1) is 17.5. The van der Waals surface area contributed by atoms with Crippen LogP contribution in [0.2, 0.25) is 0 Å². The molecule has 1 N–H and O–H groups in total. The summed E-state index contributed by atoms with van der Waals surface area (Å²) in [7, 11) is 4.62. The molecule has 192 valence electrons. The highest BCUT2D eigenvalue weighted by atomic mass is 16.5. The largest absolute Gasteiger partial charge is 0.507 e. The van der Waals surface area contributed by atoms with Gasteiger partial charge in [0.05, 0.1) is 46.2 Å². The van der Waals surface area contributed by atoms with Crippen LogP contribution in [-0.2, 0) is 14.3 Å². The van der Waals surface area contributed by atoms with Gasteiger partial charge in [-0.05, 0) is 42.8 Å². The maximum absolute atomic E-state index is 13.3. The Morgan fingerprint density at radius 1 is 0.944 bits per heavy atom. The van der Waals surface area contributed by atoms with E-state index in [9.17, 15) is 14.7 Å². The van der Waals surface area contributed by atoms with E-state index in [2.05, 4.69) is 4.90 Å². The van der Waals surface area contributed by atoms with E-state index in [4.69, 9.17) is 18.9 Å². The summed E-state index contributed by atoms with van der Waals surface area (Å²) in [5.74, 6) is 0.0422. The number of benzene rings is 2. The molecule has 36 heavy (non-hydrogen) atoms. The lowest BCUT2D eigenvalue weighted by atomic mass is 9.94. The zero-order chi connectivity index (χ0) is 25.7. The molecule has 0 aromatic heterocycles. The van der Waals surface area contributed by atoms with E-state index in [0.717, 1.165) is 19.6 Å². The van der Waals surface area contributed by atoms with Crippen LogP contribution >= 0.6 is 0 Å². The van der Waals surface area contributed by atoms with E-state index in [1.807, 2.05) is 0 Å². The Morgan fingerprint density at radius 2 is 1.61 bits per heavy atom. The van der Waals surface area contributed by atoms with Crippen LogP contribution in [0.4, 0.5) is 0 Å². The number of Topliss-reactive ketones (excluding diaryl/α,β-unsaturated/α-hetero) is 1. The van der Waals surface area contributed by atoms with Gasteiger partial charge in [0.1, 0.15) is 23.0 Å². The van der Waals surface area contributed by atoms with Crippen molar-refractivity contribution in [1.29, 1.82) is 0 Å². The number of hydrogen-bond acceptors (Lipinski definition) is 8. The minimum atomic E-state index is -0.808. The van der Waals surface area contributed by atoms with Crippen LogP contribution in [-0.4, -0.2) is 87.3 Å². The van der Waals surface area contributed by atoms with Crippen LogP contribution in [0.25, 0.3) is 5.76 Å². The number of morpholine rings is 1. The van der Waals surface area contributed by atoms with Crippen LogP contribution in [0, 0.1) is 0 Å². The SMILES string of the molecule is COc1ccc(C(O)=C2C(=O)C(=O)N(CCCN3CCOCC3)[C@H]2c2ccc(OC)cc2OC)cc1. The van der Waals surface area contributed by atoms with Crippen molar-refractivity contribution >= 4 is 17.4 Å². The lowest BCUT2D eigenvalue weighted by Crippen LogP contribution is -2.39. The van der Waals surface area contributed by atoms with E-state index >= 15 is 0 Å². The van der Waals surface area contributed by atoms with Gasteiger partial charge in [0, 0.05) is 43.4 Å². The minimum absolute atomic E-state index is 0.0278. The zero-order valence-electron chi connectivity index (χ0n) is 20.9. The number of methoxy groups -OCH3 is 3. The number of hydrogen-bond donors (Lipinski definition) is 1. The molecule has 0 spiro atoms. The van der Waals surface area contributed by atoms with Crippen molar-refractivity contribution in [3.63, 3.8) is 0 Å². The molecule has 0 unspecified atom stereocenters. The smallest absolute Gasteiger partial charge is 0.295 e. The molecule has 4 rings (SSSR count). The molecule has 2 heterocycles. The molecule has 9 nitrogen and oxygen atoms in total. The first kappa shape index (κ1) is 25.5. The fourth-order valence-electron chi connectivity index (χ4n) is 4.67. The van der Waals surface area contributed by atoms with Crippen LogP contribution in [0.5, 0.6) is 17.2 Å². The molecule has 0 saturated carbocycles. The molecule has 1 atom stereocenters. The number of rotatable bonds is 9. The number of likely N-dealkylation sites (tertiary alicyclic amines) is 1. The van der Waals surface area contributed by atoms with Gasteiger partial charge in [0.25, 0.3) is 11.7 Å². The van der Waals surface area contributed by atoms with Crippen molar-refractivity contribution < 1.29 is 33.6 Å². The fourth-order valence-corrected chi connectivity index (χ4v) is 4.67. The molecule has 9 heteroatoms. The number of ether oxygens (including phenoxy) is 4. The van der Waals surface area contributed by atoms with Crippen LogP contribution in [0.15, 0.2) is 48.0 Å². The molecule has 2 aromatic carbocycles. The highest BCUT2D eigenvalue weighted by molar-refractivity contribution is 6.46. The molecule has 2 fully saturated rings. The molecule has 0 bridgehead atoms. The van der Waals surface area contributed by atoms with Crippen LogP contribution < -0.4 is 14.2 Å². The van der Waals surface area contributed by atoms with Crippen LogP contribution in [0.3, 0.4) is 0 Å². The Kier molecular flexibility index (Phi) is 8.12. The molecule has 2 aromatic rings. The minimum Gasteiger partial charge on any atom is -0.507 e. The van der Waals surface area contributed by atoms with Gasteiger partial charge in [-0.1, -0.05) is 0 Å².